The summed E-state index contributed by atoms with van der Waals surface area (Å²) in [5.74, 6) is 0.491. The van der Waals surface area contributed by atoms with Crippen LogP contribution in [0.2, 0.25) is 0 Å². The van der Waals surface area contributed by atoms with Gasteiger partial charge in [-0.2, -0.15) is 0 Å². The van der Waals surface area contributed by atoms with Crippen molar-refractivity contribution >= 4 is 15.9 Å². The van der Waals surface area contributed by atoms with Crippen LogP contribution in [0.15, 0.2) is 53.4 Å². The van der Waals surface area contributed by atoms with Crippen molar-refractivity contribution in [1.82, 2.24) is 10.0 Å². The number of carbonyl (C=O) groups is 1. The summed E-state index contributed by atoms with van der Waals surface area (Å²) in [5.41, 5.74) is 1.81. The van der Waals surface area contributed by atoms with Crippen molar-refractivity contribution < 1.29 is 17.9 Å². The smallest absolute Gasteiger partial charge is 0.257 e. The summed E-state index contributed by atoms with van der Waals surface area (Å²) in [6.45, 7) is 6.43. The van der Waals surface area contributed by atoms with E-state index >= 15 is 0 Å². The zero-order chi connectivity index (χ0) is 20.6. The second kappa shape index (κ2) is 10.2. The molecule has 0 spiro atoms. The molecule has 2 aromatic rings. The van der Waals surface area contributed by atoms with Crippen LogP contribution in [-0.4, -0.2) is 34.0 Å². The number of aryl methyl sites for hydroxylation is 1. The van der Waals surface area contributed by atoms with Crippen molar-refractivity contribution in [2.24, 2.45) is 5.92 Å². The first-order valence-corrected chi connectivity index (χ1v) is 10.8. The largest absolute Gasteiger partial charge is 0.484 e. The minimum atomic E-state index is -3.55. The van der Waals surface area contributed by atoms with Crippen LogP contribution in [0.3, 0.4) is 0 Å². The number of carbonyl (C=O) groups excluding carboxylic acids is 1. The van der Waals surface area contributed by atoms with Crippen LogP contribution in [0.5, 0.6) is 5.75 Å². The molecule has 0 fully saturated rings. The molecular formula is C21H28N2O4S. The molecule has 0 unspecified atom stereocenters. The third-order valence-corrected chi connectivity index (χ3v) is 5.50. The molecule has 7 heteroatoms. The van der Waals surface area contributed by atoms with Gasteiger partial charge in [0.1, 0.15) is 5.75 Å². The summed E-state index contributed by atoms with van der Waals surface area (Å²) in [4.78, 5) is 12.1. The van der Waals surface area contributed by atoms with E-state index in [2.05, 4.69) is 10.0 Å². The van der Waals surface area contributed by atoms with Gasteiger partial charge >= 0.3 is 0 Å². The van der Waals surface area contributed by atoms with Crippen molar-refractivity contribution in [3.05, 3.63) is 59.7 Å². The third-order valence-electron chi connectivity index (χ3n) is 4.08. The van der Waals surface area contributed by atoms with Crippen LogP contribution in [0.25, 0.3) is 0 Å². The van der Waals surface area contributed by atoms with Gasteiger partial charge in [0.05, 0.1) is 4.90 Å². The number of rotatable bonds is 10. The lowest BCUT2D eigenvalue weighted by molar-refractivity contribution is -0.123. The molecule has 28 heavy (non-hydrogen) atoms. The van der Waals surface area contributed by atoms with Gasteiger partial charge in [-0.1, -0.05) is 44.2 Å². The number of hydrogen-bond donors (Lipinski definition) is 2. The average Bonchev–Trinajstić information content (AvgIpc) is 2.66. The Morgan fingerprint density at radius 1 is 1.11 bits per heavy atom. The molecule has 2 N–H and O–H groups in total. The minimum absolute atomic E-state index is 0.118. The number of sulfonamides is 1. The Balaban J connectivity index is 1.84. The molecule has 1 amide bonds. The molecule has 0 saturated heterocycles. The van der Waals surface area contributed by atoms with Gasteiger partial charge < -0.3 is 10.1 Å². The van der Waals surface area contributed by atoms with Crippen LogP contribution in [0, 0.1) is 12.8 Å². The summed E-state index contributed by atoms with van der Waals surface area (Å²) in [7, 11) is -3.55. The van der Waals surface area contributed by atoms with E-state index in [1.165, 1.54) is 6.07 Å². The molecule has 0 atom stereocenters. The normalized spacial score (nSPS) is 11.4. The van der Waals surface area contributed by atoms with Crippen LogP contribution >= 0.6 is 0 Å². The fraction of sp³-hybridized carbons (Fsp3) is 0.381. The molecule has 2 aromatic carbocycles. The van der Waals surface area contributed by atoms with Gasteiger partial charge in [0.15, 0.2) is 6.61 Å². The number of benzene rings is 2. The molecular weight excluding hydrogens is 376 g/mol. The summed E-state index contributed by atoms with van der Waals surface area (Å²) in [6.07, 6.45) is 0.752. The average molecular weight is 405 g/mol. The lowest BCUT2D eigenvalue weighted by Crippen LogP contribution is -2.30. The molecule has 0 aliphatic heterocycles. The number of ether oxygens (including phenoxy) is 1. The van der Waals surface area contributed by atoms with E-state index in [-0.39, 0.29) is 23.3 Å². The highest BCUT2D eigenvalue weighted by Crippen LogP contribution is 2.21. The number of nitrogens with one attached hydrogen (secondary N) is 2. The zero-order valence-electron chi connectivity index (χ0n) is 16.6. The zero-order valence-corrected chi connectivity index (χ0v) is 17.4. The van der Waals surface area contributed by atoms with E-state index in [0.29, 0.717) is 24.4 Å². The second-order valence-corrected chi connectivity index (χ2v) is 8.81. The lowest BCUT2D eigenvalue weighted by Gasteiger charge is -2.12. The first-order valence-electron chi connectivity index (χ1n) is 9.31. The van der Waals surface area contributed by atoms with Gasteiger partial charge in [-0.3, -0.25) is 4.79 Å². The maximum atomic E-state index is 12.3. The van der Waals surface area contributed by atoms with Crippen molar-refractivity contribution in [3.63, 3.8) is 0 Å². The SMILES string of the molecule is Cc1cc(S(=O)(=O)NCC(C)C)ccc1OCC(=O)NCCc1ccccc1. The van der Waals surface area contributed by atoms with Crippen molar-refractivity contribution in [1.29, 1.82) is 0 Å². The molecule has 0 heterocycles. The predicted octanol–water partition coefficient (Wildman–Crippen LogP) is 2.67. The Labute approximate surface area is 167 Å². The predicted molar refractivity (Wildman–Crippen MR) is 110 cm³/mol. The van der Waals surface area contributed by atoms with Crippen molar-refractivity contribution in [2.75, 3.05) is 19.7 Å². The summed E-state index contributed by atoms with van der Waals surface area (Å²) in [5, 5.41) is 2.81. The topological polar surface area (TPSA) is 84.5 Å². The molecule has 0 radical (unpaired) electrons. The quantitative estimate of drug-likeness (QED) is 0.638. The van der Waals surface area contributed by atoms with E-state index in [1.807, 2.05) is 44.2 Å². The number of amides is 1. The Hall–Kier alpha value is -2.38. The van der Waals surface area contributed by atoms with Crippen LogP contribution < -0.4 is 14.8 Å². The third kappa shape index (κ3) is 6.98. The maximum absolute atomic E-state index is 12.3. The molecule has 6 nitrogen and oxygen atoms in total. The standard InChI is InChI=1S/C21H28N2O4S/c1-16(2)14-23-28(25,26)19-9-10-20(17(3)13-19)27-15-21(24)22-12-11-18-7-5-4-6-8-18/h4-10,13,16,23H,11-12,14-15H2,1-3H3,(H,22,24). The summed E-state index contributed by atoms with van der Waals surface area (Å²) in [6, 6.07) is 14.5. The van der Waals surface area contributed by atoms with Crippen LogP contribution in [0.1, 0.15) is 25.0 Å². The maximum Gasteiger partial charge on any atom is 0.257 e. The van der Waals surface area contributed by atoms with Gasteiger partial charge in [0.25, 0.3) is 5.91 Å². The Morgan fingerprint density at radius 2 is 1.82 bits per heavy atom. The molecule has 152 valence electrons. The molecule has 0 aromatic heterocycles. The van der Waals surface area contributed by atoms with Crippen LogP contribution in [-0.2, 0) is 21.2 Å². The lowest BCUT2D eigenvalue weighted by atomic mass is 10.1. The van der Waals surface area contributed by atoms with Crippen molar-refractivity contribution in [3.8, 4) is 5.75 Å². The van der Waals surface area contributed by atoms with E-state index in [9.17, 15) is 13.2 Å². The van der Waals surface area contributed by atoms with E-state index in [4.69, 9.17) is 4.74 Å². The Kier molecular flexibility index (Phi) is 8.02. The van der Waals surface area contributed by atoms with E-state index < -0.39 is 10.0 Å². The first-order chi connectivity index (χ1) is 13.3. The Bertz CT molecular complexity index is 881. The van der Waals surface area contributed by atoms with Crippen LogP contribution in [0.4, 0.5) is 0 Å². The van der Waals surface area contributed by atoms with E-state index in [1.54, 1.807) is 19.1 Å². The highest BCUT2D eigenvalue weighted by atomic mass is 32.2. The fourth-order valence-corrected chi connectivity index (χ4v) is 3.79. The summed E-state index contributed by atoms with van der Waals surface area (Å²) >= 11 is 0. The Morgan fingerprint density at radius 3 is 2.46 bits per heavy atom. The van der Waals surface area contributed by atoms with Crippen molar-refractivity contribution in [2.45, 2.75) is 32.1 Å². The minimum Gasteiger partial charge on any atom is -0.484 e. The van der Waals surface area contributed by atoms with Gasteiger partial charge in [-0.05, 0) is 48.6 Å². The first kappa shape index (κ1) is 21.9. The summed E-state index contributed by atoms with van der Waals surface area (Å²) < 4.78 is 32.7. The molecule has 0 aliphatic rings. The monoisotopic (exact) mass is 404 g/mol. The van der Waals surface area contributed by atoms with E-state index in [0.717, 1.165) is 12.0 Å². The fourth-order valence-electron chi connectivity index (χ4n) is 2.50. The van der Waals surface area contributed by atoms with Gasteiger partial charge in [-0.15, -0.1) is 0 Å². The highest BCUT2D eigenvalue weighted by Gasteiger charge is 2.16. The van der Waals surface area contributed by atoms with Gasteiger partial charge in [0.2, 0.25) is 10.0 Å². The second-order valence-electron chi connectivity index (χ2n) is 7.05. The highest BCUT2D eigenvalue weighted by molar-refractivity contribution is 7.89. The molecule has 0 saturated carbocycles. The number of hydrogen-bond acceptors (Lipinski definition) is 4. The molecule has 0 aliphatic carbocycles. The molecule has 0 bridgehead atoms. The molecule has 2 rings (SSSR count). The van der Waals surface area contributed by atoms with Gasteiger partial charge in [0, 0.05) is 13.1 Å². The van der Waals surface area contributed by atoms with Gasteiger partial charge in [-0.25, -0.2) is 13.1 Å².